The van der Waals surface area contributed by atoms with E-state index in [0.717, 1.165) is 16.5 Å². The number of hydrogen-bond acceptors (Lipinski definition) is 2. The van der Waals surface area contributed by atoms with Crippen LogP contribution in [0.3, 0.4) is 0 Å². The van der Waals surface area contributed by atoms with Crippen LogP contribution in [-0.2, 0) is 4.79 Å². The summed E-state index contributed by atoms with van der Waals surface area (Å²) in [6.07, 6.45) is 3.15. The molecule has 0 radical (unpaired) electrons. The van der Waals surface area contributed by atoms with Crippen molar-refractivity contribution < 1.29 is 9.53 Å². The van der Waals surface area contributed by atoms with Crippen LogP contribution in [0.5, 0.6) is 5.75 Å². The number of amides is 1. The second-order valence-electron chi connectivity index (χ2n) is 4.34. The molecule has 0 bridgehead atoms. The predicted octanol–water partition coefficient (Wildman–Crippen LogP) is 2.91. The fraction of sp³-hybridized carbons (Fsp3) is 0.167. The Labute approximate surface area is 124 Å². The van der Waals surface area contributed by atoms with E-state index in [0.29, 0.717) is 13.2 Å². The summed E-state index contributed by atoms with van der Waals surface area (Å²) in [6, 6.07) is 14.0. The van der Waals surface area contributed by atoms with Crippen LogP contribution in [-0.4, -0.2) is 19.1 Å². The first kappa shape index (κ1) is 14.7. The molecule has 3 nitrogen and oxygen atoms in total. The van der Waals surface area contributed by atoms with Crippen LogP contribution in [0.15, 0.2) is 54.6 Å². The van der Waals surface area contributed by atoms with Gasteiger partial charge in [-0.3, -0.25) is 4.79 Å². The lowest BCUT2D eigenvalue weighted by molar-refractivity contribution is -0.116. The minimum absolute atomic E-state index is 0.137. The number of carbonyl (C=O) groups excluding carboxylic acids is 1. The standard InChI is InChI=1S/C18H17NO2/c1-2-8-18(20)19-13-5-6-14-21-17-12-7-10-15-9-3-4-11-16(15)17/h2-4,7-12H,13-14H2,1H3,(H,19,20)/b8-2+. The third-order valence-corrected chi connectivity index (χ3v) is 2.84. The number of allylic oxidation sites excluding steroid dienone is 1. The van der Waals surface area contributed by atoms with Crippen molar-refractivity contribution in [2.45, 2.75) is 6.92 Å². The van der Waals surface area contributed by atoms with E-state index in [2.05, 4.69) is 17.2 Å². The van der Waals surface area contributed by atoms with Crippen molar-refractivity contribution in [1.29, 1.82) is 0 Å². The van der Waals surface area contributed by atoms with Gasteiger partial charge in [-0.05, 0) is 24.5 Å². The zero-order chi connectivity index (χ0) is 14.9. The molecule has 0 aromatic heterocycles. The molecule has 2 rings (SSSR count). The first-order chi connectivity index (χ1) is 10.3. The average molecular weight is 279 g/mol. The first-order valence-corrected chi connectivity index (χ1v) is 6.78. The molecule has 1 amide bonds. The lowest BCUT2D eigenvalue weighted by atomic mass is 10.1. The number of rotatable bonds is 4. The highest BCUT2D eigenvalue weighted by molar-refractivity contribution is 5.88. The zero-order valence-corrected chi connectivity index (χ0v) is 11.9. The number of nitrogens with one attached hydrogen (secondary N) is 1. The van der Waals surface area contributed by atoms with E-state index in [9.17, 15) is 4.79 Å². The quantitative estimate of drug-likeness (QED) is 0.690. The topological polar surface area (TPSA) is 38.3 Å². The van der Waals surface area contributed by atoms with Crippen molar-refractivity contribution in [3.63, 3.8) is 0 Å². The van der Waals surface area contributed by atoms with Crippen LogP contribution < -0.4 is 10.1 Å². The molecule has 0 unspecified atom stereocenters. The third kappa shape index (κ3) is 4.39. The molecule has 21 heavy (non-hydrogen) atoms. The molecule has 1 N–H and O–H groups in total. The van der Waals surface area contributed by atoms with Gasteiger partial charge in [0.25, 0.3) is 0 Å². The third-order valence-electron chi connectivity index (χ3n) is 2.84. The largest absolute Gasteiger partial charge is 0.480 e. The summed E-state index contributed by atoms with van der Waals surface area (Å²) in [5, 5.41) is 4.87. The van der Waals surface area contributed by atoms with Crippen molar-refractivity contribution in [3.05, 3.63) is 54.6 Å². The zero-order valence-electron chi connectivity index (χ0n) is 11.9. The van der Waals surface area contributed by atoms with Gasteiger partial charge in [-0.15, -0.1) is 0 Å². The monoisotopic (exact) mass is 279 g/mol. The second-order valence-corrected chi connectivity index (χ2v) is 4.34. The van der Waals surface area contributed by atoms with Crippen LogP contribution in [0.25, 0.3) is 10.8 Å². The van der Waals surface area contributed by atoms with Crippen molar-refractivity contribution in [1.82, 2.24) is 5.32 Å². The Morgan fingerprint density at radius 1 is 1.19 bits per heavy atom. The number of carbonyl (C=O) groups is 1. The molecular weight excluding hydrogens is 262 g/mol. The van der Waals surface area contributed by atoms with Gasteiger partial charge >= 0.3 is 0 Å². The van der Waals surface area contributed by atoms with E-state index in [1.54, 1.807) is 13.0 Å². The van der Waals surface area contributed by atoms with E-state index in [-0.39, 0.29) is 5.91 Å². The second kappa shape index (κ2) is 7.76. The summed E-state index contributed by atoms with van der Waals surface area (Å²) in [4.78, 5) is 11.1. The number of ether oxygens (including phenoxy) is 1. The number of fused-ring (bicyclic) bond motifs is 1. The van der Waals surface area contributed by atoms with Crippen LogP contribution in [0, 0.1) is 11.8 Å². The molecule has 2 aromatic carbocycles. The van der Waals surface area contributed by atoms with Crippen molar-refractivity contribution >= 4 is 16.7 Å². The molecule has 0 saturated carbocycles. The van der Waals surface area contributed by atoms with Gasteiger partial charge in [0, 0.05) is 5.39 Å². The van der Waals surface area contributed by atoms with Crippen LogP contribution in [0.1, 0.15) is 6.92 Å². The Kier molecular flexibility index (Phi) is 5.42. The molecular formula is C18H17NO2. The molecule has 0 aliphatic heterocycles. The Bertz CT molecular complexity index is 702. The lowest BCUT2D eigenvalue weighted by Gasteiger charge is -2.06. The molecule has 0 atom stereocenters. The molecule has 0 saturated heterocycles. The van der Waals surface area contributed by atoms with E-state index in [1.807, 2.05) is 42.5 Å². The Balaban J connectivity index is 1.87. The van der Waals surface area contributed by atoms with Gasteiger partial charge in [-0.2, -0.15) is 0 Å². The van der Waals surface area contributed by atoms with Gasteiger partial charge in [-0.1, -0.05) is 54.3 Å². The van der Waals surface area contributed by atoms with E-state index < -0.39 is 0 Å². The van der Waals surface area contributed by atoms with Crippen molar-refractivity contribution in [3.8, 4) is 17.6 Å². The van der Waals surface area contributed by atoms with Gasteiger partial charge in [0.1, 0.15) is 12.4 Å². The first-order valence-electron chi connectivity index (χ1n) is 6.78. The number of hydrogen-bond donors (Lipinski definition) is 1. The maximum absolute atomic E-state index is 11.1. The molecule has 0 spiro atoms. The van der Waals surface area contributed by atoms with E-state index in [4.69, 9.17) is 4.74 Å². The molecule has 3 heteroatoms. The molecule has 106 valence electrons. The average Bonchev–Trinajstić information content (AvgIpc) is 2.51. The van der Waals surface area contributed by atoms with Gasteiger partial charge in [0.2, 0.25) is 5.91 Å². The van der Waals surface area contributed by atoms with E-state index >= 15 is 0 Å². The normalized spacial score (nSPS) is 10.1. The highest BCUT2D eigenvalue weighted by Crippen LogP contribution is 2.24. The lowest BCUT2D eigenvalue weighted by Crippen LogP contribution is -2.21. The number of benzene rings is 2. The molecule has 0 aliphatic carbocycles. The Hall–Kier alpha value is -2.73. The molecule has 2 aromatic rings. The molecule has 0 heterocycles. The fourth-order valence-electron chi connectivity index (χ4n) is 1.89. The van der Waals surface area contributed by atoms with Crippen LogP contribution in [0.2, 0.25) is 0 Å². The summed E-state index contributed by atoms with van der Waals surface area (Å²) in [5.74, 6) is 6.42. The van der Waals surface area contributed by atoms with Gasteiger partial charge in [-0.25, -0.2) is 0 Å². The summed E-state index contributed by atoms with van der Waals surface area (Å²) in [5.41, 5.74) is 0. The van der Waals surface area contributed by atoms with Gasteiger partial charge in [0.15, 0.2) is 0 Å². The minimum Gasteiger partial charge on any atom is -0.480 e. The SMILES string of the molecule is C/C=C/C(=O)NCC#CCOc1cccc2ccccc12. The van der Waals surface area contributed by atoms with Gasteiger partial charge in [0.05, 0.1) is 6.54 Å². The summed E-state index contributed by atoms with van der Waals surface area (Å²) in [6.45, 7) is 2.42. The summed E-state index contributed by atoms with van der Waals surface area (Å²) < 4.78 is 5.67. The van der Waals surface area contributed by atoms with E-state index in [1.165, 1.54) is 6.08 Å². The summed E-state index contributed by atoms with van der Waals surface area (Å²) >= 11 is 0. The molecule has 0 fully saturated rings. The maximum atomic E-state index is 11.1. The Morgan fingerprint density at radius 2 is 2.00 bits per heavy atom. The van der Waals surface area contributed by atoms with Crippen LogP contribution in [0.4, 0.5) is 0 Å². The maximum Gasteiger partial charge on any atom is 0.244 e. The highest BCUT2D eigenvalue weighted by Gasteiger charge is 1.99. The molecule has 0 aliphatic rings. The predicted molar refractivity (Wildman–Crippen MR) is 85.0 cm³/mol. The van der Waals surface area contributed by atoms with Crippen molar-refractivity contribution in [2.24, 2.45) is 0 Å². The summed E-state index contributed by atoms with van der Waals surface area (Å²) in [7, 11) is 0. The smallest absolute Gasteiger partial charge is 0.244 e. The van der Waals surface area contributed by atoms with Crippen molar-refractivity contribution in [2.75, 3.05) is 13.2 Å². The highest BCUT2D eigenvalue weighted by atomic mass is 16.5. The Morgan fingerprint density at radius 3 is 2.86 bits per heavy atom. The van der Waals surface area contributed by atoms with Gasteiger partial charge < -0.3 is 10.1 Å². The fourth-order valence-corrected chi connectivity index (χ4v) is 1.89. The van der Waals surface area contributed by atoms with Crippen LogP contribution >= 0.6 is 0 Å². The minimum atomic E-state index is -0.137.